The van der Waals surface area contributed by atoms with Crippen molar-refractivity contribution in [2.75, 3.05) is 31.5 Å². The molecule has 1 heterocycles. The summed E-state index contributed by atoms with van der Waals surface area (Å²) < 4.78 is 15.5. The number of thioether (sulfide) groups is 1. The Morgan fingerprint density at radius 1 is 1.19 bits per heavy atom. The topological polar surface area (TPSA) is 89.8 Å². The standard InChI is InChI=1S/C18H22N2O5S/c1-23-14-7-6-12(11-16(14)24-2)19-17(21)13(8-10-26-3)20-18(22)15-5-4-9-25-15/h4-7,9,11,13H,8,10H2,1-3H3,(H,19,21)(H,20,22)/t13-/m1/s1. The first-order chi connectivity index (χ1) is 12.6. The van der Waals surface area contributed by atoms with E-state index in [-0.39, 0.29) is 11.7 Å². The first-order valence-electron chi connectivity index (χ1n) is 7.95. The SMILES string of the molecule is COc1ccc(NC(=O)[C@@H](CCSC)NC(=O)c2ccco2)cc1OC. The predicted octanol–water partition coefficient (Wildman–Crippen LogP) is 2.79. The smallest absolute Gasteiger partial charge is 0.287 e. The first kappa shape index (κ1) is 19.7. The zero-order valence-electron chi connectivity index (χ0n) is 14.9. The Hall–Kier alpha value is -2.61. The second kappa shape index (κ2) is 9.76. The lowest BCUT2D eigenvalue weighted by atomic mass is 10.2. The number of hydrogen-bond donors (Lipinski definition) is 2. The van der Waals surface area contributed by atoms with Crippen LogP contribution >= 0.6 is 11.8 Å². The maximum absolute atomic E-state index is 12.6. The molecule has 0 fully saturated rings. The van der Waals surface area contributed by atoms with Gasteiger partial charge in [-0.25, -0.2) is 0 Å². The van der Waals surface area contributed by atoms with Crippen LogP contribution in [-0.2, 0) is 4.79 Å². The lowest BCUT2D eigenvalue weighted by molar-refractivity contribution is -0.118. The molecule has 1 aromatic heterocycles. The molecule has 2 N–H and O–H groups in total. The van der Waals surface area contributed by atoms with Gasteiger partial charge in [0.15, 0.2) is 17.3 Å². The van der Waals surface area contributed by atoms with Crippen LogP contribution in [0, 0.1) is 0 Å². The van der Waals surface area contributed by atoms with Crippen LogP contribution in [0.25, 0.3) is 0 Å². The van der Waals surface area contributed by atoms with Gasteiger partial charge in [-0.3, -0.25) is 9.59 Å². The lowest BCUT2D eigenvalue weighted by Gasteiger charge is -2.18. The summed E-state index contributed by atoms with van der Waals surface area (Å²) >= 11 is 1.60. The summed E-state index contributed by atoms with van der Waals surface area (Å²) in [5, 5.41) is 5.51. The van der Waals surface area contributed by atoms with Gasteiger partial charge in [0.1, 0.15) is 6.04 Å². The number of rotatable bonds is 9. The van der Waals surface area contributed by atoms with E-state index in [2.05, 4.69) is 10.6 Å². The van der Waals surface area contributed by atoms with Crippen LogP contribution in [0.15, 0.2) is 41.0 Å². The monoisotopic (exact) mass is 378 g/mol. The average molecular weight is 378 g/mol. The van der Waals surface area contributed by atoms with E-state index in [0.29, 0.717) is 23.6 Å². The summed E-state index contributed by atoms with van der Waals surface area (Å²) in [7, 11) is 3.06. The zero-order chi connectivity index (χ0) is 18.9. The molecule has 2 aromatic rings. The number of anilines is 1. The molecule has 2 rings (SSSR count). The number of amides is 2. The summed E-state index contributed by atoms with van der Waals surface area (Å²) in [6, 6.07) is 7.55. The van der Waals surface area contributed by atoms with Crippen molar-refractivity contribution in [3.63, 3.8) is 0 Å². The molecule has 0 bridgehead atoms. The third-order valence-corrected chi connectivity index (χ3v) is 4.27. The number of hydrogen-bond acceptors (Lipinski definition) is 6. The molecule has 2 amide bonds. The van der Waals surface area contributed by atoms with Gasteiger partial charge in [-0.2, -0.15) is 11.8 Å². The highest BCUT2D eigenvalue weighted by Gasteiger charge is 2.22. The summed E-state index contributed by atoms with van der Waals surface area (Å²) in [6.45, 7) is 0. The summed E-state index contributed by atoms with van der Waals surface area (Å²) in [4.78, 5) is 24.8. The quantitative estimate of drug-likeness (QED) is 0.697. The van der Waals surface area contributed by atoms with Crippen LogP contribution in [0.4, 0.5) is 5.69 Å². The summed E-state index contributed by atoms with van der Waals surface area (Å²) in [6.07, 6.45) is 3.85. The fourth-order valence-electron chi connectivity index (χ4n) is 2.28. The molecule has 0 saturated carbocycles. The van der Waals surface area contributed by atoms with Crippen molar-refractivity contribution >= 4 is 29.3 Å². The van der Waals surface area contributed by atoms with Gasteiger partial charge in [-0.05, 0) is 42.7 Å². The van der Waals surface area contributed by atoms with Gasteiger partial charge in [-0.15, -0.1) is 0 Å². The fourth-order valence-corrected chi connectivity index (χ4v) is 2.76. The number of carbonyl (C=O) groups excluding carboxylic acids is 2. The van der Waals surface area contributed by atoms with Gasteiger partial charge >= 0.3 is 0 Å². The van der Waals surface area contributed by atoms with Crippen molar-refractivity contribution in [2.24, 2.45) is 0 Å². The van der Waals surface area contributed by atoms with E-state index in [1.165, 1.54) is 13.4 Å². The maximum atomic E-state index is 12.6. The van der Waals surface area contributed by atoms with Crippen molar-refractivity contribution in [2.45, 2.75) is 12.5 Å². The Morgan fingerprint density at radius 3 is 2.58 bits per heavy atom. The molecule has 140 valence electrons. The fraction of sp³-hybridized carbons (Fsp3) is 0.333. The molecule has 8 heteroatoms. The van der Waals surface area contributed by atoms with E-state index in [9.17, 15) is 9.59 Å². The number of methoxy groups -OCH3 is 2. The highest BCUT2D eigenvalue weighted by Crippen LogP contribution is 2.29. The molecule has 1 atom stereocenters. The Balaban J connectivity index is 2.09. The number of carbonyl (C=O) groups is 2. The van der Waals surface area contributed by atoms with Crippen molar-refractivity contribution in [3.8, 4) is 11.5 Å². The molecule has 1 aromatic carbocycles. The molecular formula is C18H22N2O5S. The minimum Gasteiger partial charge on any atom is -0.493 e. The maximum Gasteiger partial charge on any atom is 0.287 e. The Morgan fingerprint density at radius 2 is 1.96 bits per heavy atom. The van der Waals surface area contributed by atoms with Crippen LogP contribution in [0.1, 0.15) is 17.0 Å². The van der Waals surface area contributed by atoms with E-state index < -0.39 is 11.9 Å². The highest BCUT2D eigenvalue weighted by molar-refractivity contribution is 7.98. The van der Waals surface area contributed by atoms with Crippen LogP contribution < -0.4 is 20.1 Å². The van der Waals surface area contributed by atoms with Gasteiger partial charge in [0.25, 0.3) is 5.91 Å². The zero-order valence-corrected chi connectivity index (χ0v) is 15.7. The second-order valence-corrected chi connectivity index (χ2v) is 6.33. The average Bonchev–Trinajstić information content (AvgIpc) is 3.19. The van der Waals surface area contributed by atoms with Crippen LogP contribution in [0.2, 0.25) is 0 Å². The van der Waals surface area contributed by atoms with Gasteiger partial charge in [-0.1, -0.05) is 0 Å². The third kappa shape index (κ3) is 5.19. The number of ether oxygens (including phenoxy) is 2. The van der Waals surface area contributed by atoms with Gasteiger partial charge in [0.2, 0.25) is 5.91 Å². The molecule has 0 aliphatic rings. The van der Waals surface area contributed by atoms with Gasteiger partial charge < -0.3 is 24.5 Å². The first-order valence-corrected chi connectivity index (χ1v) is 9.34. The van der Waals surface area contributed by atoms with E-state index in [1.54, 1.807) is 49.2 Å². The van der Waals surface area contributed by atoms with Crippen molar-refractivity contribution < 1.29 is 23.5 Å². The third-order valence-electron chi connectivity index (χ3n) is 3.63. The molecule has 7 nitrogen and oxygen atoms in total. The number of nitrogens with one attached hydrogen (secondary N) is 2. The second-order valence-electron chi connectivity index (χ2n) is 5.34. The van der Waals surface area contributed by atoms with E-state index in [1.807, 2.05) is 6.26 Å². The van der Waals surface area contributed by atoms with Gasteiger partial charge in [0, 0.05) is 11.8 Å². The van der Waals surface area contributed by atoms with Crippen molar-refractivity contribution in [1.82, 2.24) is 5.32 Å². The molecule has 0 aliphatic carbocycles. The molecule has 0 aliphatic heterocycles. The van der Waals surface area contributed by atoms with Crippen LogP contribution in [0.5, 0.6) is 11.5 Å². The van der Waals surface area contributed by atoms with Crippen molar-refractivity contribution in [1.29, 1.82) is 0 Å². The lowest BCUT2D eigenvalue weighted by Crippen LogP contribution is -2.44. The Kier molecular flexibility index (Phi) is 7.40. The molecule has 0 saturated heterocycles. The van der Waals surface area contributed by atoms with E-state index in [0.717, 1.165) is 5.75 Å². The number of benzene rings is 1. The van der Waals surface area contributed by atoms with E-state index >= 15 is 0 Å². The van der Waals surface area contributed by atoms with Gasteiger partial charge in [0.05, 0.1) is 20.5 Å². The molecule has 0 unspecified atom stereocenters. The molecule has 0 radical (unpaired) electrons. The largest absolute Gasteiger partial charge is 0.493 e. The summed E-state index contributed by atoms with van der Waals surface area (Å²) in [5.74, 6) is 1.22. The minimum absolute atomic E-state index is 0.165. The number of furan rings is 1. The highest BCUT2D eigenvalue weighted by atomic mass is 32.2. The molecule has 26 heavy (non-hydrogen) atoms. The molecular weight excluding hydrogens is 356 g/mol. The minimum atomic E-state index is -0.687. The van der Waals surface area contributed by atoms with Crippen LogP contribution in [0.3, 0.4) is 0 Å². The Labute approximate surface area is 156 Å². The summed E-state index contributed by atoms with van der Waals surface area (Å²) in [5.41, 5.74) is 0.550. The van der Waals surface area contributed by atoms with E-state index in [4.69, 9.17) is 13.9 Å². The normalized spacial score (nSPS) is 11.5. The molecule has 0 spiro atoms. The van der Waals surface area contributed by atoms with Crippen LogP contribution in [-0.4, -0.2) is 44.1 Å². The Bertz CT molecular complexity index is 733. The van der Waals surface area contributed by atoms with Crippen molar-refractivity contribution in [3.05, 3.63) is 42.4 Å². The predicted molar refractivity (Wildman–Crippen MR) is 101 cm³/mol.